The molecule has 1 heterocycles. The van der Waals surface area contributed by atoms with Crippen LogP contribution in [0.25, 0.3) is 10.9 Å². The van der Waals surface area contributed by atoms with Crippen molar-refractivity contribution >= 4 is 41.1 Å². The number of nitrogens with one attached hydrogen (secondary N) is 1. The van der Waals surface area contributed by atoms with Gasteiger partial charge in [-0.3, -0.25) is 4.79 Å². The predicted molar refractivity (Wildman–Crippen MR) is 78.8 cm³/mol. The summed E-state index contributed by atoms with van der Waals surface area (Å²) in [6.45, 7) is 1.89. The first-order valence-electron chi connectivity index (χ1n) is 5.90. The van der Waals surface area contributed by atoms with Crippen LogP contribution in [0, 0.1) is 6.92 Å². The molecule has 7 nitrogen and oxygen atoms in total. The third-order valence-corrected chi connectivity index (χ3v) is 2.78. The molecule has 2 aromatic rings. The Labute approximate surface area is 126 Å². The van der Waals surface area contributed by atoms with Gasteiger partial charge in [-0.05, 0) is 19.1 Å². The van der Waals surface area contributed by atoms with Crippen LogP contribution in [0.2, 0.25) is 0 Å². The Morgan fingerprint density at radius 2 is 2.00 bits per heavy atom. The lowest BCUT2D eigenvalue weighted by Crippen LogP contribution is -2.32. The van der Waals surface area contributed by atoms with E-state index in [0.717, 1.165) is 5.56 Å². The molecule has 0 amide bonds. The van der Waals surface area contributed by atoms with Crippen LogP contribution in [0.3, 0.4) is 0 Å². The average molecular weight is 312 g/mol. The smallest absolute Gasteiger partial charge is 0.326 e. The number of carbonyl (C=O) groups is 2. The molecule has 1 aromatic heterocycles. The van der Waals surface area contributed by atoms with E-state index in [1.807, 2.05) is 19.1 Å². The molecule has 0 spiro atoms. The van der Waals surface area contributed by atoms with Gasteiger partial charge in [0.25, 0.3) is 0 Å². The van der Waals surface area contributed by atoms with Gasteiger partial charge in [-0.25, -0.2) is 14.8 Å². The molecule has 2 rings (SSSR count). The van der Waals surface area contributed by atoms with E-state index in [1.54, 1.807) is 6.07 Å². The zero-order valence-electron chi connectivity index (χ0n) is 11.1. The lowest BCUT2D eigenvalue weighted by Gasteiger charge is -2.14. The van der Waals surface area contributed by atoms with Crippen LogP contribution >= 0.6 is 12.4 Å². The molecule has 0 aliphatic carbocycles. The highest BCUT2D eigenvalue weighted by molar-refractivity contribution is 5.92. The Morgan fingerprint density at radius 1 is 1.29 bits per heavy atom. The number of benzene rings is 1. The first kappa shape index (κ1) is 16.6. The number of aromatic nitrogens is 2. The molecule has 0 saturated heterocycles. The average Bonchev–Trinajstić information content (AvgIpc) is 2.38. The van der Waals surface area contributed by atoms with Crippen LogP contribution in [0.15, 0.2) is 24.5 Å². The van der Waals surface area contributed by atoms with Gasteiger partial charge in [0, 0.05) is 5.39 Å². The van der Waals surface area contributed by atoms with Crippen molar-refractivity contribution in [1.29, 1.82) is 0 Å². The summed E-state index contributed by atoms with van der Waals surface area (Å²) < 4.78 is 0. The van der Waals surface area contributed by atoms with E-state index in [0.29, 0.717) is 16.7 Å². The quantitative estimate of drug-likeness (QED) is 0.770. The predicted octanol–water partition coefficient (Wildman–Crippen LogP) is 1.70. The van der Waals surface area contributed by atoms with Crippen molar-refractivity contribution in [3.63, 3.8) is 0 Å². The first-order chi connectivity index (χ1) is 9.47. The highest BCUT2D eigenvalue weighted by Crippen LogP contribution is 2.21. The van der Waals surface area contributed by atoms with Gasteiger partial charge in [0.05, 0.1) is 11.9 Å². The van der Waals surface area contributed by atoms with E-state index >= 15 is 0 Å². The van der Waals surface area contributed by atoms with Gasteiger partial charge in [0.2, 0.25) is 0 Å². The van der Waals surface area contributed by atoms with Crippen LogP contribution in [0.5, 0.6) is 0 Å². The molecule has 21 heavy (non-hydrogen) atoms. The molecule has 8 heteroatoms. The number of halogens is 1. The Balaban J connectivity index is 0.00000220. The lowest BCUT2D eigenvalue weighted by atomic mass is 10.1. The van der Waals surface area contributed by atoms with Crippen LogP contribution in [-0.4, -0.2) is 38.2 Å². The van der Waals surface area contributed by atoms with Crippen LogP contribution in [-0.2, 0) is 9.59 Å². The van der Waals surface area contributed by atoms with Gasteiger partial charge in [-0.2, -0.15) is 0 Å². The monoisotopic (exact) mass is 311 g/mol. The maximum absolute atomic E-state index is 11.1. The van der Waals surface area contributed by atoms with Crippen molar-refractivity contribution in [1.82, 2.24) is 9.97 Å². The van der Waals surface area contributed by atoms with Crippen molar-refractivity contribution in [3.8, 4) is 0 Å². The van der Waals surface area contributed by atoms with Gasteiger partial charge >= 0.3 is 11.9 Å². The highest BCUT2D eigenvalue weighted by Gasteiger charge is 2.22. The third kappa shape index (κ3) is 4.03. The molecule has 3 N–H and O–H groups in total. The minimum Gasteiger partial charge on any atom is -0.481 e. The summed E-state index contributed by atoms with van der Waals surface area (Å²) >= 11 is 0. The van der Waals surface area contributed by atoms with E-state index in [9.17, 15) is 9.59 Å². The molecule has 0 saturated carbocycles. The number of fused-ring (bicyclic) bond motifs is 1. The number of carboxylic acid groups (broad SMARTS) is 2. The molecule has 0 radical (unpaired) electrons. The Kier molecular flexibility index (Phi) is 5.43. The number of aryl methyl sites for hydroxylation is 1. The van der Waals surface area contributed by atoms with Gasteiger partial charge in [-0.1, -0.05) is 11.6 Å². The van der Waals surface area contributed by atoms with Crippen LogP contribution in [0.1, 0.15) is 12.0 Å². The van der Waals surface area contributed by atoms with Gasteiger partial charge in [-0.15, -0.1) is 12.4 Å². The third-order valence-electron chi connectivity index (χ3n) is 2.78. The van der Waals surface area contributed by atoms with E-state index in [2.05, 4.69) is 15.3 Å². The van der Waals surface area contributed by atoms with Crippen LogP contribution < -0.4 is 5.32 Å². The topological polar surface area (TPSA) is 112 Å². The van der Waals surface area contributed by atoms with Crippen molar-refractivity contribution in [2.45, 2.75) is 19.4 Å². The highest BCUT2D eigenvalue weighted by atomic mass is 35.5. The molecule has 1 atom stereocenters. The first-order valence-corrected chi connectivity index (χ1v) is 5.90. The van der Waals surface area contributed by atoms with E-state index in [4.69, 9.17) is 10.2 Å². The molecule has 1 unspecified atom stereocenters. The molecule has 0 fully saturated rings. The second kappa shape index (κ2) is 6.85. The number of hydrogen-bond acceptors (Lipinski definition) is 5. The second-order valence-electron chi connectivity index (χ2n) is 4.38. The van der Waals surface area contributed by atoms with E-state index in [-0.39, 0.29) is 12.4 Å². The number of nitrogens with zero attached hydrogens (tertiary/aromatic N) is 2. The van der Waals surface area contributed by atoms with Gasteiger partial charge in [0.1, 0.15) is 18.2 Å². The van der Waals surface area contributed by atoms with Crippen molar-refractivity contribution in [2.75, 3.05) is 5.32 Å². The molecule has 0 aliphatic rings. The van der Waals surface area contributed by atoms with E-state index < -0.39 is 24.4 Å². The fourth-order valence-electron chi connectivity index (χ4n) is 1.83. The normalized spacial score (nSPS) is 11.5. The maximum atomic E-state index is 11.1. The molecule has 1 aromatic carbocycles. The van der Waals surface area contributed by atoms with Gasteiger partial charge < -0.3 is 15.5 Å². The SMILES string of the molecule is Cc1ccc2ncnc(NC(CC(=O)O)C(=O)O)c2c1.Cl. The molecule has 0 bridgehead atoms. The van der Waals surface area contributed by atoms with Crippen molar-refractivity contribution < 1.29 is 19.8 Å². The minimum atomic E-state index is -1.24. The minimum absolute atomic E-state index is 0. The zero-order chi connectivity index (χ0) is 14.7. The zero-order valence-corrected chi connectivity index (χ0v) is 11.9. The summed E-state index contributed by atoms with van der Waals surface area (Å²) in [6, 6.07) is 4.25. The number of anilines is 1. The summed E-state index contributed by atoms with van der Waals surface area (Å²) in [5, 5.41) is 21.1. The number of aliphatic carboxylic acids is 2. The lowest BCUT2D eigenvalue weighted by molar-refractivity contribution is -0.144. The Morgan fingerprint density at radius 3 is 2.62 bits per heavy atom. The Hall–Kier alpha value is -2.41. The number of rotatable bonds is 5. The van der Waals surface area contributed by atoms with Gasteiger partial charge in [0.15, 0.2) is 0 Å². The van der Waals surface area contributed by atoms with E-state index in [1.165, 1.54) is 6.33 Å². The van der Waals surface area contributed by atoms with Crippen molar-refractivity contribution in [2.24, 2.45) is 0 Å². The fourth-order valence-corrected chi connectivity index (χ4v) is 1.83. The summed E-state index contributed by atoms with van der Waals surface area (Å²) in [7, 11) is 0. The largest absolute Gasteiger partial charge is 0.481 e. The maximum Gasteiger partial charge on any atom is 0.326 e. The standard InChI is InChI=1S/C13H13N3O4.ClH/c1-7-2-3-9-8(4-7)12(15-6-14-9)16-10(13(19)20)5-11(17)18;/h2-4,6,10H,5H2,1H3,(H,17,18)(H,19,20)(H,14,15,16);1H. The molecular weight excluding hydrogens is 298 g/mol. The second-order valence-corrected chi connectivity index (χ2v) is 4.38. The number of hydrogen-bond donors (Lipinski definition) is 3. The summed E-state index contributed by atoms with van der Waals surface area (Å²) in [6.07, 6.45) is 0.770. The summed E-state index contributed by atoms with van der Waals surface area (Å²) in [5.74, 6) is -2.13. The molecule has 112 valence electrons. The fraction of sp³-hybridized carbons (Fsp3) is 0.231. The van der Waals surface area contributed by atoms with Crippen LogP contribution in [0.4, 0.5) is 5.82 Å². The molecular formula is C13H14ClN3O4. The molecule has 0 aliphatic heterocycles. The summed E-state index contributed by atoms with van der Waals surface area (Å²) in [4.78, 5) is 29.8. The Bertz CT molecular complexity index is 678. The number of carboxylic acids is 2. The van der Waals surface area contributed by atoms with Crippen molar-refractivity contribution in [3.05, 3.63) is 30.1 Å². The summed E-state index contributed by atoms with van der Waals surface area (Å²) in [5.41, 5.74) is 1.63.